The van der Waals surface area contributed by atoms with Gasteiger partial charge in [-0.1, -0.05) is 26.8 Å². The molecule has 15 heavy (non-hydrogen) atoms. The lowest BCUT2D eigenvalue weighted by Gasteiger charge is -2.22. The summed E-state index contributed by atoms with van der Waals surface area (Å²) in [6.45, 7) is 12.1. The van der Waals surface area contributed by atoms with E-state index >= 15 is 0 Å². The minimum absolute atomic E-state index is 0.0137. The lowest BCUT2D eigenvalue weighted by Crippen LogP contribution is -2.19. The maximum Gasteiger partial charge on any atom is 0.220 e. The fourth-order valence-electron chi connectivity index (χ4n) is 1.63. The molecule has 0 bridgehead atoms. The Hall–Kier alpha value is -1.38. The highest BCUT2D eigenvalue weighted by atomic mass is 15.0. The predicted octanol–water partition coefficient (Wildman–Crippen LogP) is 2.39. The van der Waals surface area contributed by atoms with Crippen molar-refractivity contribution < 1.29 is 0 Å². The predicted molar refractivity (Wildman–Crippen MR) is 63.8 cm³/mol. The molecule has 0 atom stereocenters. The lowest BCUT2D eigenvalue weighted by molar-refractivity contribution is 0.560. The fraction of sp³-hybridized carbons (Fsp3) is 0.500. The van der Waals surface area contributed by atoms with Crippen LogP contribution in [-0.2, 0) is 11.8 Å². The van der Waals surface area contributed by atoms with Gasteiger partial charge < -0.3 is 5.73 Å². The van der Waals surface area contributed by atoms with Crippen molar-refractivity contribution in [1.82, 2.24) is 9.97 Å². The molecule has 0 radical (unpaired) electrons. The average Bonchev–Trinajstić information content (AvgIpc) is 2.07. The van der Waals surface area contributed by atoms with E-state index in [1.807, 2.05) is 13.0 Å². The number of nitrogens with zero attached hydrogens (tertiary/aromatic N) is 2. The Labute approximate surface area is 91.4 Å². The van der Waals surface area contributed by atoms with Crippen molar-refractivity contribution in [1.29, 1.82) is 0 Å². The molecule has 0 spiro atoms. The Morgan fingerprint density at radius 3 is 2.40 bits per heavy atom. The second-order valence-corrected chi connectivity index (χ2v) is 4.74. The molecule has 0 saturated carbocycles. The Kier molecular flexibility index (Phi) is 3.12. The Morgan fingerprint density at radius 1 is 1.33 bits per heavy atom. The number of hydrogen-bond donors (Lipinski definition) is 1. The van der Waals surface area contributed by atoms with Gasteiger partial charge in [0.05, 0.1) is 5.69 Å². The number of anilines is 1. The third kappa shape index (κ3) is 2.55. The van der Waals surface area contributed by atoms with E-state index in [1.165, 1.54) is 0 Å². The van der Waals surface area contributed by atoms with Gasteiger partial charge in [0.15, 0.2) is 0 Å². The van der Waals surface area contributed by atoms with Crippen molar-refractivity contribution in [3.63, 3.8) is 0 Å². The van der Waals surface area contributed by atoms with Crippen LogP contribution in [0.15, 0.2) is 12.7 Å². The van der Waals surface area contributed by atoms with Gasteiger partial charge in [0.1, 0.15) is 0 Å². The van der Waals surface area contributed by atoms with Gasteiger partial charge in [-0.3, -0.25) is 0 Å². The minimum atomic E-state index is -0.0137. The SMILES string of the molecule is C=CCc1c(C)nc(N)nc1C(C)(C)C. The van der Waals surface area contributed by atoms with Gasteiger partial charge in [-0.2, -0.15) is 0 Å². The Balaban J connectivity index is 3.39. The van der Waals surface area contributed by atoms with Crippen LogP contribution in [0.2, 0.25) is 0 Å². The van der Waals surface area contributed by atoms with Gasteiger partial charge in [0, 0.05) is 11.1 Å². The second-order valence-electron chi connectivity index (χ2n) is 4.74. The highest BCUT2D eigenvalue weighted by Crippen LogP contribution is 2.26. The van der Waals surface area contributed by atoms with Crippen molar-refractivity contribution in [2.75, 3.05) is 5.73 Å². The largest absolute Gasteiger partial charge is 0.368 e. The van der Waals surface area contributed by atoms with Crippen LogP contribution in [0, 0.1) is 6.92 Å². The van der Waals surface area contributed by atoms with Crippen LogP contribution < -0.4 is 5.73 Å². The Bertz CT molecular complexity index is 375. The third-order valence-corrected chi connectivity index (χ3v) is 2.29. The number of allylic oxidation sites excluding steroid dienone is 1. The normalized spacial score (nSPS) is 11.5. The molecule has 0 amide bonds. The summed E-state index contributed by atoms with van der Waals surface area (Å²) in [5, 5.41) is 0. The zero-order chi connectivity index (χ0) is 11.6. The molecular formula is C12H19N3. The summed E-state index contributed by atoms with van der Waals surface area (Å²) < 4.78 is 0. The van der Waals surface area contributed by atoms with Crippen molar-refractivity contribution in [3.05, 3.63) is 29.6 Å². The van der Waals surface area contributed by atoms with Crippen LogP contribution in [0.3, 0.4) is 0 Å². The molecule has 0 unspecified atom stereocenters. The molecule has 1 aromatic rings. The molecule has 1 aromatic heterocycles. The van der Waals surface area contributed by atoms with Gasteiger partial charge in [-0.25, -0.2) is 9.97 Å². The minimum Gasteiger partial charge on any atom is -0.368 e. The second kappa shape index (κ2) is 4.01. The van der Waals surface area contributed by atoms with E-state index in [9.17, 15) is 0 Å². The summed E-state index contributed by atoms with van der Waals surface area (Å²) in [5.74, 6) is 0.352. The quantitative estimate of drug-likeness (QED) is 0.754. The first kappa shape index (κ1) is 11.7. The van der Waals surface area contributed by atoms with E-state index in [4.69, 9.17) is 5.73 Å². The topological polar surface area (TPSA) is 51.8 Å². The zero-order valence-corrected chi connectivity index (χ0v) is 9.96. The van der Waals surface area contributed by atoms with Crippen LogP contribution >= 0.6 is 0 Å². The van der Waals surface area contributed by atoms with Gasteiger partial charge in [0.2, 0.25) is 5.95 Å². The first-order valence-electron chi connectivity index (χ1n) is 5.10. The molecule has 3 heteroatoms. The van der Waals surface area contributed by atoms with Crippen LogP contribution in [0.25, 0.3) is 0 Å². The summed E-state index contributed by atoms with van der Waals surface area (Å²) in [6, 6.07) is 0. The maximum atomic E-state index is 5.67. The van der Waals surface area contributed by atoms with E-state index in [0.717, 1.165) is 23.4 Å². The number of aryl methyl sites for hydroxylation is 1. The summed E-state index contributed by atoms with van der Waals surface area (Å²) in [6.07, 6.45) is 2.66. The summed E-state index contributed by atoms with van der Waals surface area (Å²) in [4.78, 5) is 8.53. The van der Waals surface area contributed by atoms with Crippen LogP contribution in [0.4, 0.5) is 5.95 Å². The van der Waals surface area contributed by atoms with E-state index in [-0.39, 0.29) is 5.41 Å². The standard InChI is InChI=1S/C12H19N3/c1-6-7-9-8(2)14-11(13)15-10(9)12(3,4)5/h6H,1,7H2,2-5H3,(H2,13,14,15). The molecule has 0 saturated heterocycles. The van der Waals surface area contributed by atoms with Crippen molar-refractivity contribution in [2.24, 2.45) is 0 Å². The van der Waals surface area contributed by atoms with Gasteiger partial charge in [0.25, 0.3) is 0 Å². The van der Waals surface area contributed by atoms with Gasteiger partial charge in [-0.15, -0.1) is 6.58 Å². The van der Waals surface area contributed by atoms with Crippen molar-refractivity contribution >= 4 is 5.95 Å². The number of rotatable bonds is 2. The molecule has 1 heterocycles. The van der Waals surface area contributed by atoms with Gasteiger partial charge in [-0.05, 0) is 18.9 Å². The first-order chi connectivity index (χ1) is 6.86. The average molecular weight is 205 g/mol. The van der Waals surface area contributed by atoms with E-state index in [0.29, 0.717) is 5.95 Å². The summed E-state index contributed by atoms with van der Waals surface area (Å²) in [7, 11) is 0. The number of hydrogen-bond acceptors (Lipinski definition) is 3. The molecule has 0 fully saturated rings. The molecule has 1 rings (SSSR count). The molecule has 0 aliphatic carbocycles. The number of aromatic nitrogens is 2. The van der Waals surface area contributed by atoms with Crippen LogP contribution in [0.5, 0.6) is 0 Å². The van der Waals surface area contributed by atoms with Crippen molar-refractivity contribution in [3.8, 4) is 0 Å². The highest BCUT2D eigenvalue weighted by Gasteiger charge is 2.21. The Morgan fingerprint density at radius 2 is 1.93 bits per heavy atom. The summed E-state index contributed by atoms with van der Waals surface area (Å²) >= 11 is 0. The monoisotopic (exact) mass is 205 g/mol. The van der Waals surface area contributed by atoms with E-state index in [2.05, 4.69) is 37.3 Å². The molecule has 82 valence electrons. The van der Waals surface area contributed by atoms with Crippen LogP contribution in [-0.4, -0.2) is 9.97 Å². The zero-order valence-electron chi connectivity index (χ0n) is 9.96. The molecule has 0 aromatic carbocycles. The third-order valence-electron chi connectivity index (χ3n) is 2.29. The molecule has 2 N–H and O–H groups in total. The first-order valence-corrected chi connectivity index (χ1v) is 5.10. The van der Waals surface area contributed by atoms with Crippen LogP contribution in [0.1, 0.15) is 37.7 Å². The number of nitrogens with two attached hydrogens (primary N) is 1. The lowest BCUT2D eigenvalue weighted by atomic mass is 9.87. The van der Waals surface area contributed by atoms with E-state index in [1.54, 1.807) is 0 Å². The summed E-state index contributed by atoms with van der Waals surface area (Å²) in [5.41, 5.74) is 8.78. The molecule has 3 nitrogen and oxygen atoms in total. The number of nitrogen functional groups attached to an aromatic ring is 1. The van der Waals surface area contributed by atoms with E-state index < -0.39 is 0 Å². The fourth-order valence-corrected chi connectivity index (χ4v) is 1.63. The highest BCUT2D eigenvalue weighted by molar-refractivity contribution is 5.36. The molecule has 0 aliphatic rings. The molecular weight excluding hydrogens is 186 g/mol. The maximum absolute atomic E-state index is 5.67. The molecule has 0 aliphatic heterocycles. The van der Waals surface area contributed by atoms with Crippen molar-refractivity contribution in [2.45, 2.75) is 39.5 Å². The smallest absolute Gasteiger partial charge is 0.220 e. The van der Waals surface area contributed by atoms with Gasteiger partial charge >= 0.3 is 0 Å².